The van der Waals surface area contributed by atoms with E-state index in [2.05, 4.69) is 11.7 Å². The summed E-state index contributed by atoms with van der Waals surface area (Å²) in [6.07, 6.45) is 13.6. The summed E-state index contributed by atoms with van der Waals surface area (Å²) < 4.78 is 86.4. The fraction of sp³-hybridized carbons (Fsp3) is 0.731. The zero-order chi connectivity index (χ0) is 26.6. The molecule has 0 aromatic heterocycles. The van der Waals surface area contributed by atoms with Gasteiger partial charge in [0.25, 0.3) is 0 Å². The van der Waals surface area contributed by atoms with Crippen LogP contribution in [-0.4, -0.2) is 45.6 Å². The van der Waals surface area contributed by atoms with Crippen LogP contribution >= 0.6 is 0 Å². The minimum Gasteiger partial charge on any atom is -0.420 e. The fourth-order valence-corrected chi connectivity index (χ4v) is 3.40. The summed E-state index contributed by atoms with van der Waals surface area (Å²) in [5.41, 5.74) is 0. The Bertz CT molecular complexity index is 719. The second kappa shape index (κ2) is 20.3. The number of esters is 1. The quantitative estimate of drug-likeness (QED) is 0.0405. The highest BCUT2D eigenvalue weighted by atomic mass is 19.2. The van der Waals surface area contributed by atoms with E-state index in [9.17, 15) is 26.7 Å². The molecule has 1 aromatic rings. The molecule has 0 aliphatic carbocycles. The van der Waals surface area contributed by atoms with Crippen molar-refractivity contribution in [1.29, 1.82) is 0 Å². The molecule has 0 aliphatic rings. The molecule has 208 valence electrons. The molecule has 0 N–H and O–H groups in total. The number of unbranched alkanes of at least 4 members (excludes halogenated alkanes) is 10. The molecule has 0 saturated carbocycles. The van der Waals surface area contributed by atoms with Gasteiger partial charge < -0.3 is 18.9 Å². The zero-order valence-electron chi connectivity index (χ0n) is 21.2. The number of carbonyl (C=O) groups excluding carboxylic acids is 1. The smallest absolute Gasteiger partial charge is 0.313 e. The molecule has 0 bridgehead atoms. The minimum absolute atomic E-state index is 0.147. The second-order valence-electron chi connectivity index (χ2n) is 8.50. The van der Waals surface area contributed by atoms with Crippen LogP contribution in [0.2, 0.25) is 0 Å². The molecule has 36 heavy (non-hydrogen) atoms. The molecule has 0 atom stereocenters. The summed E-state index contributed by atoms with van der Waals surface area (Å²) in [7, 11) is 0. The van der Waals surface area contributed by atoms with E-state index in [-0.39, 0.29) is 19.8 Å². The van der Waals surface area contributed by atoms with Crippen LogP contribution in [0.4, 0.5) is 22.0 Å². The predicted molar refractivity (Wildman–Crippen MR) is 125 cm³/mol. The van der Waals surface area contributed by atoms with Gasteiger partial charge in [-0.1, -0.05) is 71.1 Å². The lowest BCUT2D eigenvalue weighted by atomic mass is 10.1. The molecule has 10 heteroatoms. The van der Waals surface area contributed by atoms with E-state index < -0.39 is 47.2 Å². The van der Waals surface area contributed by atoms with Crippen LogP contribution in [0.3, 0.4) is 0 Å². The molecule has 1 rings (SSSR count). The van der Waals surface area contributed by atoms with E-state index >= 15 is 0 Å². The van der Waals surface area contributed by atoms with Gasteiger partial charge in [0.1, 0.15) is 0 Å². The molecule has 0 amide bonds. The van der Waals surface area contributed by atoms with Crippen LogP contribution in [0, 0.1) is 29.1 Å². The summed E-state index contributed by atoms with van der Waals surface area (Å²) in [5.74, 6) is -13.9. The monoisotopic (exact) mass is 526 g/mol. The normalized spacial score (nSPS) is 11.3. The topological polar surface area (TPSA) is 54.0 Å². The number of hydrogen-bond acceptors (Lipinski definition) is 5. The number of rotatable bonds is 22. The van der Waals surface area contributed by atoms with Crippen molar-refractivity contribution in [2.45, 2.75) is 84.0 Å². The molecule has 0 fully saturated rings. The van der Waals surface area contributed by atoms with Crippen molar-refractivity contribution in [1.82, 2.24) is 0 Å². The Morgan fingerprint density at radius 2 is 0.917 bits per heavy atom. The highest BCUT2D eigenvalue weighted by molar-refractivity contribution is 5.72. The van der Waals surface area contributed by atoms with Crippen LogP contribution in [-0.2, 0) is 19.0 Å². The van der Waals surface area contributed by atoms with Crippen LogP contribution < -0.4 is 4.74 Å². The van der Waals surface area contributed by atoms with Crippen LogP contribution in [0.25, 0.3) is 0 Å². The maximum atomic E-state index is 13.5. The minimum atomic E-state index is -2.33. The Labute approximate surface area is 210 Å². The number of benzene rings is 1. The zero-order valence-corrected chi connectivity index (χ0v) is 21.2. The molecule has 0 heterocycles. The SMILES string of the molecule is CCCCCCCCCCCCCOCCOCCOCCC(=O)Oc1c(F)c(F)c(F)c(F)c1F. The van der Waals surface area contributed by atoms with Gasteiger partial charge in [-0.15, -0.1) is 0 Å². The van der Waals surface area contributed by atoms with Crippen molar-refractivity contribution in [2.24, 2.45) is 0 Å². The molecule has 5 nitrogen and oxygen atoms in total. The van der Waals surface area contributed by atoms with Gasteiger partial charge >= 0.3 is 5.97 Å². The van der Waals surface area contributed by atoms with Gasteiger partial charge in [0, 0.05) is 6.61 Å². The van der Waals surface area contributed by atoms with Crippen LogP contribution in [0.5, 0.6) is 5.75 Å². The maximum Gasteiger partial charge on any atom is 0.313 e. The first-order chi connectivity index (χ1) is 17.4. The first kappa shape index (κ1) is 32.2. The van der Waals surface area contributed by atoms with E-state index in [4.69, 9.17) is 14.2 Å². The molecule has 0 unspecified atom stereocenters. The summed E-state index contributed by atoms with van der Waals surface area (Å²) in [4.78, 5) is 11.6. The Morgan fingerprint density at radius 1 is 0.528 bits per heavy atom. The lowest BCUT2D eigenvalue weighted by Gasteiger charge is -2.09. The van der Waals surface area contributed by atoms with Crippen molar-refractivity contribution in [3.05, 3.63) is 29.1 Å². The Kier molecular flexibility index (Phi) is 18.2. The molecule has 0 aliphatic heterocycles. The van der Waals surface area contributed by atoms with Crippen molar-refractivity contribution in [3.8, 4) is 5.75 Å². The summed E-state index contributed by atoms with van der Waals surface area (Å²) >= 11 is 0. The van der Waals surface area contributed by atoms with E-state index in [0.717, 1.165) is 12.8 Å². The lowest BCUT2D eigenvalue weighted by molar-refractivity contribution is -0.136. The average Bonchev–Trinajstić information content (AvgIpc) is 2.87. The van der Waals surface area contributed by atoms with Gasteiger partial charge in [-0.05, 0) is 6.42 Å². The van der Waals surface area contributed by atoms with Crippen molar-refractivity contribution in [3.63, 3.8) is 0 Å². The predicted octanol–water partition coefficient (Wildman–Crippen LogP) is 7.04. The van der Waals surface area contributed by atoms with E-state index in [1.54, 1.807) is 0 Å². The van der Waals surface area contributed by atoms with Gasteiger partial charge in [0.15, 0.2) is 0 Å². The maximum absolute atomic E-state index is 13.5. The molecular weight excluding hydrogens is 487 g/mol. The molecular formula is C26H39F5O5. The number of hydrogen-bond donors (Lipinski definition) is 0. The Morgan fingerprint density at radius 3 is 1.42 bits per heavy atom. The van der Waals surface area contributed by atoms with Crippen LogP contribution in [0.1, 0.15) is 84.0 Å². The first-order valence-corrected chi connectivity index (χ1v) is 12.8. The largest absolute Gasteiger partial charge is 0.420 e. The summed E-state index contributed by atoms with van der Waals surface area (Å²) in [6.45, 7) is 4.00. The van der Waals surface area contributed by atoms with E-state index in [0.29, 0.717) is 19.8 Å². The molecule has 0 spiro atoms. The third kappa shape index (κ3) is 13.5. The Hall–Kier alpha value is -1.78. The van der Waals surface area contributed by atoms with Gasteiger partial charge in [-0.2, -0.15) is 8.78 Å². The van der Waals surface area contributed by atoms with Gasteiger partial charge in [0.05, 0.1) is 39.5 Å². The van der Waals surface area contributed by atoms with Gasteiger partial charge in [0.2, 0.25) is 34.8 Å². The average molecular weight is 527 g/mol. The third-order valence-electron chi connectivity index (χ3n) is 5.47. The third-order valence-corrected chi connectivity index (χ3v) is 5.47. The number of carbonyl (C=O) groups is 1. The standard InChI is InChI=1S/C26H39F5O5/c1-2-3-4-5-6-7-8-9-10-11-12-14-33-16-18-35-19-17-34-15-13-20(32)36-26-24(30)22(28)21(27)23(29)25(26)31/h2-19H2,1H3. The summed E-state index contributed by atoms with van der Waals surface area (Å²) in [6, 6.07) is 0. The van der Waals surface area contributed by atoms with Crippen LogP contribution in [0.15, 0.2) is 0 Å². The lowest BCUT2D eigenvalue weighted by Crippen LogP contribution is -2.16. The van der Waals surface area contributed by atoms with E-state index in [1.807, 2.05) is 0 Å². The van der Waals surface area contributed by atoms with Crippen molar-refractivity contribution in [2.75, 3.05) is 39.6 Å². The second-order valence-corrected chi connectivity index (χ2v) is 8.50. The number of ether oxygens (including phenoxy) is 4. The van der Waals surface area contributed by atoms with Gasteiger partial charge in [-0.3, -0.25) is 4.79 Å². The molecule has 0 saturated heterocycles. The first-order valence-electron chi connectivity index (χ1n) is 12.8. The fourth-order valence-electron chi connectivity index (χ4n) is 3.40. The van der Waals surface area contributed by atoms with E-state index in [1.165, 1.54) is 57.8 Å². The Balaban J connectivity index is 1.91. The van der Waals surface area contributed by atoms with Crippen molar-refractivity contribution < 1.29 is 45.7 Å². The van der Waals surface area contributed by atoms with Gasteiger partial charge in [-0.25, -0.2) is 13.2 Å². The molecule has 0 radical (unpaired) electrons. The summed E-state index contributed by atoms with van der Waals surface area (Å²) in [5, 5.41) is 0. The molecule has 1 aromatic carbocycles. The highest BCUT2D eigenvalue weighted by Gasteiger charge is 2.28. The van der Waals surface area contributed by atoms with Crippen molar-refractivity contribution >= 4 is 5.97 Å². The highest BCUT2D eigenvalue weighted by Crippen LogP contribution is 2.29. The number of halogens is 5.